The van der Waals surface area contributed by atoms with Crippen molar-refractivity contribution < 1.29 is 9.90 Å². The van der Waals surface area contributed by atoms with Crippen LogP contribution in [0, 0.1) is 11.3 Å². The molecule has 0 bridgehead atoms. The fraction of sp³-hybridized carbons (Fsp3) is 0.429. The van der Waals surface area contributed by atoms with Gasteiger partial charge in [-0.2, -0.15) is 5.10 Å². The summed E-state index contributed by atoms with van der Waals surface area (Å²) in [7, 11) is 1.89. The first-order valence-electron chi connectivity index (χ1n) is 6.09. The molecule has 2 atom stereocenters. The molecular weight excluding hydrogens is 228 g/mol. The molecule has 2 unspecified atom stereocenters. The zero-order valence-corrected chi connectivity index (χ0v) is 10.7. The Labute approximate surface area is 105 Å². The van der Waals surface area contributed by atoms with Crippen molar-refractivity contribution in [3.63, 3.8) is 0 Å². The van der Waals surface area contributed by atoms with Crippen LogP contribution >= 0.6 is 0 Å². The Morgan fingerprint density at radius 3 is 2.67 bits per heavy atom. The van der Waals surface area contributed by atoms with E-state index >= 15 is 0 Å². The number of fused-ring (bicyclic) bond motifs is 1. The topological polar surface area (TPSA) is 55.1 Å². The van der Waals surface area contributed by atoms with Crippen LogP contribution in [0.15, 0.2) is 24.3 Å². The highest BCUT2D eigenvalue weighted by molar-refractivity contribution is 5.85. The van der Waals surface area contributed by atoms with Crippen molar-refractivity contribution in [3.05, 3.63) is 30.0 Å². The van der Waals surface area contributed by atoms with Crippen LogP contribution < -0.4 is 0 Å². The van der Waals surface area contributed by atoms with Gasteiger partial charge in [-0.1, -0.05) is 32.0 Å². The lowest BCUT2D eigenvalue weighted by atomic mass is 10.0. The first-order valence-corrected chi connectivity index (χ1v) is 6.09. The molecule has 4 nitrogen and oxygen atoms in total. The molecule has 18 heavy (non-hydrogen) atoms. The lowest BCUT2D eigenvalue weighted by molar-refractivity contribution is -0.139. The molecule has 2 aromatic rings. The van der Waals surface area contributed by atoms with Gasteiger partial charge in [0.1, 0.15) is 0 Å². The predicted octanol–water partition coefficient (Wildman–Crippen LogP) is 2.40. The van der Waals surface area contributed by atoms with Gasteiger partial charge in [0.25, 0.3) is 0 Å². The minimum absolute atomic E-state index is 0.0485. The van der Waals surface area contributed by atoms with Gasteiger partial charge in [0.05, 0.1) is 17.1 Å². The highest BCUT2D eigenvalue weighted by Crippen LogP contribution is 2.65. The van der Waals surface area contributed by atoms with E-state index in [9.17, 15) is 9.90 Å². The predicted molar refractivity (Wildman–Crippen MR) is 68.4 cm³/mol. The smallest absolute Gasteiger partial charge is 0.307 e. The summed E-state index contributed by atoms with van der Waals surface area (Å²) in [5.41, 5.74) is 1.78. The minimum Gasteiger partial charge on any atom is -0.481 e. The van der Waals surface area contributed by atoms with Crippen molar-refractivity contribution in [2.75, 3.05) is 0 Å². The van der Waals surface area contributed by atoms with Crippen LogP contribution in [0.1, 0.15) is 25.5 Å². The molecular formula is C14H16N2O2. The molecule has 1 fully saturated rings. The van der Waals surface area contributed by atoms with Gasteiger partial charge in [-0.05, 0) is 11.5 Å². The Morgan fingerprint density at radius 1 is 1.39 bits per heavy atom. The van der Waals surface area contributed by atoms with Gasteiger partial charge >= 0.3 is 5.97 Å². The van der Waals surface area contributed by atoms with Crippen molar-refractivity contribution in [1.29, 1.82) is 0 Å². The molecule has 1 N–H and O–H groups in total. The zero-order valence-electron chi connectivity index (χ0n) is 10.7. The van der Waals surface area contributed by atoms with Crippen molar-refractivity contribution in [3.8, 4) is 0 Å². The minimum atomic E-state index is -0.713. The molecule has 1 aliphatic rings. The number of rotatable bonds is 2. The Kier molecular flexibility index (Phi) is 2.09. The third kappa shape index (κ3) is 1.32. The average molecular weight is 244 g/mol. The zero-order chi connectivity index (χ0) is 13.1. The van der Waals surface area contributed by atoms with Gasteiger partial charge in [-0.3, -0.25) is 9.48 Å². The molecule has 0 saturated heterocycles. The molecule has 0 aliphatic heterocycles. The molecule has 1 heterocycles. The van der Waals surface area contributed by atoms with Crippen LogP contribution in [-0.4, -0.2) is 20.9 Å². The number of carbonyl (C=O) groups is 1. The van der Waals surface area contributed by atoms with E-state index < -0.39 is 5.97 Å². The normalized spacial score (nSPS) is 25.3. The van der Waals surface area contributed by atoms with Crippen LogP contribution in [-0.2, 0) is 11.8 Å². The molecule has 1 aliphatic carbocycles. The second-order valence-corrected chi connectivity index (χ2v) is 5.64. The van der Waals surface area contributed by atoms with Crippen molar-refractivity contribution in [2.45, 2.75) is 19.8 Å². The number of hydrogen-bond donors (Lipinski definition) is 1. The lowest BCUT2D eigenvalue weighted by Crippen LogP contribution is -2.03. The summed E-state index contributed by atoms with van der Waals surface area (Å²) in [5, 5.41) is 14.8. The van der Waals surface area contributed by atoms with Crippen molar-refractivity contribution in [2.24, 2.45) is 18.4 Å². The second kappa shape index (κ2) is 3.34. The van der Waals surface area contributed by atoms with Gasteiger partial charge in [0.2, 0.25) is 0 Å². The summed E-state index contributed by atoms with van der Waals surface area (Å²) in [5.74, 6) is -0.973. The van der Waals surface area contributed by atoms with E-state index in [0.717, 1.165) is 16.6 Å². The molecule has 1 aromatic carbocycles. The monoisotopic (exact) mass is 244 g/mol. The van der Waals surface area contributed by atoms with E-state index in [1.54, 1.807) is 0 Å². The first-order chi connectivity index (χ1) is 8.44. The summed E-state index contributed by atoms with van der Waals surface area (Å²) >= 11 is 0. The number of aryl methyl sites for hydroxylation is 1. The average Bonchev–Trinajstić information content (AvgIpc) is 2.70. The van der Waals surface area contributed by atoms with E-state index in [4.69, 9.17) is 0 Å². The second-order valence-electron chi connectivity index (χ2n) is 5.64. The maximum absolute atomic E-state index is 11.3. The summed E-state index contributed by atoms with van der Waals surface area (Å²) < 4.78 is 1.83. The Balaban J connectivity index is 2.17. The van der Waals surface area contributed by atoms with E-state index in [-0.39, 0.29) is 17.3 Å². The Hall–Kier alpha value is -1.84. The number of aromatic nitrogens is 2. The quantitative estimate of drug-likeness (QED) is 0.882. The summed E-state index contributed by atoms with van der Waals surface area (Å²) in [6.07, 6.45) is 0. The standard InChI is InChI=1S/C14H16N2O2/c1-14(2)10(11(14)13(17)18)12-8-6-4-5-7-9(8)15-16(12)3/h4-7,10-11H,1-3H3,(H,17,18). The first kappa shape index (κ1) is 11.3. The Morgan fingerprint density at radius 2 is 2.06 bits per heavy atom. The van der Waals surface area contributed by atoms with Crippen LogP contribution in [0.5, 0.6) is 0 Å². The fourth-order valence-electron chi connectivity index (χ4n) is 3.14. The number of aliphatic carboxylic acids is 1. The van der Waals surface area contributed by atoms with Crippen LogP contribution in [0.2, 0.25) is 0 Å². The van der Waals surface area contributed by atoms with Crippen molar-refractivity contribution >= 4 is 16.9 Å². The van der Waals surface area contributed by atoms with Crippen LogP contribution in [0.4, 0.5) is 0 Å². The fourth-order valence-corrected chi connectivity index (χ4v) is 3.14. The lowest BCUT2D eigenvalue weighted by Gasteiger charge is -2.03. The maximum atomic E-state index is 11.3. The highest BCUT2D eigenvalue weighted by Gasteiger charge is 2.64. The molecule has 1 saturated carbocycles. The van der Waals surface area contributed by atoms with E-state index in [2.05, 4.69) is 5.10 Å². The maximum Gasteiger partial charge on any atom is 0.307 e. The number of carboxylic acid groups (broad SMARTS) is 1. The van der Waals surface area contributed by atoms with Crippen LogP contribution in [0.3, 0.4) is 0 Å². The third-order valence-corrected chi connectivity index (χ3v) is 4.17. The van der Waals surface area contributed by atoms with Gasteiger partial charge in [-0.15, -0.1) is 0 Å². The molecule has 0 spiro atoms. The number of benzene rings is 1. The van der Waals surface area contributed by atoms with Gasteiger partial charge in [-0.25, -0.2) is 0 Å². The number of carboxylic acids is 1. The van der Waals surface area contributed by atoms with Crippen LogP contribution in [0.25, 0.3) is 10.9 Å². The number of nitrogens with zero attached hydrogens (tertiary/aromatic N) is 2. The van der Waals surface area contributed by atoms with Gasteiger partial charge in [0, 0.05) is 18.4 Å². The SMILES string of the molecule is Cn1nc2ccccc2c1C1C(C(=O)O)C1(C)C. The third-order valence-electron chi connectivity index (χ3n) is 4.17. The van der Waals surface area contributed by atoms with Gasteiger partial charge in [0.15, 0.2) is 0 Å². The van der Waals surface area contributed by atoms with E-state index in [1.165, 1.54) is 0 Å². The molecule has 0 amide bonds. The molecule has 1 aromatic heterocycles. The number of hydrogen-bond acceptors (Lipinski definition) is 2. The molecule has 4 heteroatoms. The molecule has 3 rings (SSSR count). The largest absolute Gasteiger partial charge is 0.481 e. The van der Waals surface area contributed by atoms with E-state index in [0.29, 0.717) is 0 Å². The molecule has 0 radical (unpaired) electrons. The molecule has 94 valence electrons. The summed E-state index contributed by atoms with van der Waals surface area (Å²) in [6, 6.07) is 7.90. The summed E-state index contributed by atoms with van der Waals surface area (Å²) in [6.45, 7) is 4.02. The summed E-state index contributed by atoms with van der Waals surface area (Å²) in [4.78, 5) is 11.3. The Bertz CT molecular complexity index is 642. The van der Waals surface area contributed by atoms with Gasteiger partial charge < -0.3 is 5.11 Å². The van der Waals surface area contributed by atoms with Crippen molar-refractivity contribution in [1.82, 2.24) is 9.78 Å². The van der Waals surface area contributed by atoms with E-state index in [1.807, 2.05) is 49.8 Å². The highest BCUT2D eigenvalue weighted by atomic mass is 16.4.